The highest BCUT2D eigenvalue weighted by Gasteiger charge is 2.44. The number of carbonyl (C=O) groups excluding carboxylic acids is 1. The molecule has 7 N–H and O–H groups in total. The van der Waals surface area contributed by atoms with Gasteiger partial charge in [-0.3, -0.25) is 9.36 Å². The molecule has 3 rings (SSSR count). The Bertz CT molecular complexity index is 733. The van der Waals surface area contributed by atoms with E-state index in [-0.39, 0.29) is 22.8 Å². The van der Waals surface area contributed by atoms with Gasteiger partial charge >= 0.3 is 0 Å². The number of carbonyl (C=O) groups is 1. The van der Waals surface area contributed by atoms with Gasteiger partial charge in [0, 0.05) is 0 Å². The van der Waals surface area contributed by atoms with Crippen molar-refractivity contribution in [3.63, 3.8) is 0 Å². The second-order valence-corrected chi connectivity index (χ2v) is 4.85. The molecule has 0 aromatic carbocycles. The van der Waals surface area contributed by atoms with Crippen LogP contribution in [0.1, 0.15) is 16.8 Å². The molecule has 0 bridgehead atoms. The molecule has 118 valence electrons. The first kappa shape index (κ1) is 14.6. The second-order valence-electron chi connectivity index (χ2n) is 4.85. The summed E-state index contributed by atoms with van der Waals surface area (Å²) in [4.78, 5) is 22.9. The minimum atomic E-state index is -1.32. The second kappa shape index (κ2) is 5.14. The van der Waals surface area contributed by atoms with Crippen molar-refractivity contribution >= 4 is 22.9 Å². The molecular weight excluding hydrogens is 296 g/mol. The lowest BCUT2D eigenvalue weighted by atomic mass is 10.1. The SMILES string of the molecule is NC(=O)c1nc(N)c2ncn(C3OC(CO)C(O)C3O)c2n1. The van der Waals surface area contributed by atoms with Gasteiger partial charge in [0.15, 0.2) is 17.7 Å². The predicted octanol–water partition coefficient (Wildman–Crippen LogP) is -2.88. The fraction of sp³-hybridized carbons (Fsp3) is 0.455. The van der Waals surface area contributed by atoms with E-state index in [1.54, 1.807) is 0 Å². The number of hydrogen-bond donors (Lipinski definition) is 5. The molecule has 11 nitrogen and oxygen atoms in total. The van der Waals surface area contributed by atoms with Crippen molar-refractivity contribution < 1.29 is 24.9 Å². The Morgan fingerprint density at radius 3 is 2.68 bits per heavy atom. The number of nitrogens with zero attached hydrogens (tertiary/aromatic N) is 4. The molecule has 11 heteroatoms. The first-order valence-electron chi connectivity index (χ1n) is 6.36. The number of nitrogens with two attached hydrogens (primary N) is 2. The lowest BCUT2D eigenvalue weighted by Gasteiger charge is -2.16. The molecule has 2 aromatic heterocycles. The predicted molar refractivity (Wildman–Crippen MR) is 71.3 cm³/mol. The number of amides is 1. The minimum Gasteiger partial charge on any atom is -0.394 e. The van der Waals surface area contributed by atoms with Crippen LogP contribution in [-0.2, 0) is 4.74 Å². The molecule has 2 aromatic rings. The summed E-state index contributed by atoms with van der Waals surface area (Å²) in [6.45, 7) is -0.467. The van der Waals surface area contributed by atoms with Crippen LogP contribution in [-0.4, -0.2) is 65.7 Å². The Hall–Kier alpha value is -2.34. The average molecular weight is 310 g/mol. The largest absolute Gasteiger partial charge is 0.394 e. The molecule has 22 heavy (non-hydrogen) atoms. The molecule has 4 atom stereocenters. The third-order valence-electron chi connectivity index (χ3n) is 3.46. The van der Waals surface area contributed by atoms with Crippen LogP contribution < -0.4 is 11.5 Å². The molecule has 0 saturated carbocycles. The number of rotatable bonds is 3. The van der Waals surface area contributed by atoms with Gasteiger partial charge in [0.2, 0.25) is 5.82 Å². The average Bonchev–Trinajstić information content (AvgIpc) is 3.02. The van der Waals surface area contributed by atoms with E-state index in [1.165, 1.54) is 10.9 Å². The number of hydrogen-bond acceptors (Lipinski definition) is 9. The number of primary amides is 1. The summed E-state index contributed by atoms with van der Waals surface area (Å²) in [7, 11) is 0. The first-order valence-corrected chi connectivity index (χ1v) is 6.36. The van der Waals surface area contributed by atoms with E-state index >= 15 is 0 Å². The van der Waals surface area contributed by atoms with Crippen molar-refractivity contribution in [2.75, 3.05) is 12.3 Å². The molecule has 0 radical (unpaired) electrons. The lowest BCUT2D eigenvalue weighted by molar-refractivity contribution is -0.0511. The topological polar surface area (TPSA) is 183 Å². The lowest BCUT2D eigenvalue weighted by Crippen LogP contribution is -2.33. The number of ether oxygens (including phenoxy) is 1. The molecule has 1 saturated heterocycles. The van der Waals surface area contributed by atoms with Crippen molar-refractivity contribution in [1.29, 1.82) is 0 Å². The fourth-order valence-corrected chi connectivity index (χ4v) is 2.34. The zero-order chi connectivity index (χ0) is 16.0. The van der Waals surface area contributed by atoms with E-state index in [0.29, 0.717) is 0 Å². The molecular formula is C11H14N6O5. The molecule has 1 amide bonds. The van der Waals surface area contributed by atoms with Gasteiger partial charge in [0.05, 0.1) is 12.9 Å². The van der Waals surface area contributed by atoms with Crippen LogP contribution in [0.15, 0.2) is 6.33 Å². The van der Waals surface area contributed by atoms with Crippen molar-refractivity contribution in [3.8, 4) is 0 Å². The Balaban J connectivity index is 2.10. The van der Waals surface area contributed by atoms with Gasteiger partial charge in [-0.25, -0.2) is 15.0 Å². The number of fused-ring (bicyclic) bond motifs is 1. The summed E-state index contributed by atoms with van der Waals surface area (Å²) in [5, 5.41) is 28.9. The summed E-state index contributed by atoms with van der Waals surface area (Å²) in [5.41, 5.74) is 11.1. The summed E-state index contributed by atoms with van der Waals surface area (Å²) in [5.74, 6) is -1.23. The van der Waals surface area contributed by atoms with Crippen molar-refractivity contribution in [2.24, 2.45) is 5.73 Å². The number of aromatic nitrogens is 4. The molecule has 4 unspecified atom stereocenters. The highest BCUT2D eigenvalue weighted by atomic mass is 16.6. The van der Waals surface area contributed by atoms with Gasteiger partial charge in [-0.05, 0) is 0 Å². The molecule has 0 aliphatic carbocycles. The Morgan fingerprint density at radius 1 is 1.36 bits per heavy atom. The minimum absolute atomic E-state index is 0.0516. The van der Waals surface area contributed by atoms with Crippen LogP contribution in [0.5, 0.6) is 0 Å². The van der Waals surface area contributed by atoms with Crippen LogP contribution >= 0.6 is 0 Å². The maximum absolute atomic E-state index is 11.2. The molecule has 0 spiro atoms. The number of imidazole rings is 1. The molecule has 3 heterocycles. The maximum atomic E-state index is 11.2. The van der Waals surface area contributed by atoms with E-state index in [0.717, 1.165) is 0 Å². The van der Waals surface area contributed by atoms with Gasteiger partial charge < -0.3 is 31.5 Å². The van der Waals surface area contributed by atoms with E-state index in [4.69, 9.17) is 21.3 Å². The number of aliphatic hydroxyl groups excluding tert-OH is 3. The number of anilines is 1. The zero-order valence-corrected chi connectivity index (χ0v) is 11.2. The van der Waals surface area contributed by atoms with E-state index in [1.807, 2.05) is 0 Å². The van der Waals surface area contributed by atoms with E-state index in [9.17, 15) is 15.0 Å². The Morgan fingerprint density at radius 2 is 2.09 bits per heavy atom. The standard InChI is InChI=1S/C11H14N6O5/c12-7-4-10(16-9(15-7)8(13)21)17(2-14-4)11-6(20)5(19)3(1-18)22-11/h2-3,5-6,11,18-20H,1H2,(H2,13,21)(H2,12,15,16). The normalized spacial score (nSPS) is 28.3. The monoisotopic (exact) mass is 310 g/mol. The van der Waals surface area contributed by atoms with Gasteiger partial charge in [-0.15, -0.1) is 0 Å². The summed E-state index contributed by atoms with van der Waals surface area (Å²) < 4.78 is 6.68. The quantitative estimate of drug-likeness (QED) is 0.397. The third-order valence-corrected chi connectivity index (χ3v) is 3.46. The van der Waals surface area contributed by atoms with Gasteiger partial charge in [-0.1, -0.05) is 0 Å². The van der Waals surface area contributed by atoms with Gasteiger partial charge in [-0.2, -0.15) is 0 Å². The molecule has 1 fully saturated rings. The van der Waals surface area contributed by atoms with E-state index < -0.39 is 37.1 Å². The smallest absolute Gasteiger partial charge is 0.286 e. The van der Waals surface area contributed by atoms with Crippen molar-refractivity contribution in [1.82, 2.24) is 19.5 Å². The first-order chi connectivity index (χ1) is 10.4. The van der Waals surface area contributed by atoms with Crippen LogP contribution in [0.25, 0.3) is 11.2 Å². The van der Waals surface area contributed by atoms with Crippen LogP contribution in [0.3, 0.4) is 0 Å². The number of nitrogen functional groups attached to an aromatic ring is 1. The summed E-state index contributed by atoms with van der Waals surface area (Å²) in [6, 6.07) is 0. The van der Waals surface area contributed by atoms with Crippen LogP contribution in [0.2, 0.25) is 0 Å². The van der Waals surface area contributed by atoms with Gasteiger partial charge in [0.1, 0.15) is 23.8 Å². The van der Waals surface area contributed by atoms with Crippen LogP contribution in [0, 0.1) is 0 Å². The summed E-state index contributed by atoms with van der Waals surface area (Å²) >= 11 is 0. The maximum Gasteiger partial charge on any atom is 0.286 e. The zero-order valence-electron chi connectivity index (χ0n) is 11.2. The Labute approximate surface area is 123 Å². The third kappa shape index (κ3) is 2.07. The van der Waals surface area contributed by atoms with Crippen molar-refractivity contribution in [2.45, 2.75) is 24.5 Å². The highest BCUT2D eigenvalue weighted by Crippen LogP contribution is 2.31. The number of aliphatic hydroxyl groups is 3. The molecule has 1 aliphatic rings. The molecule has 1 aliphatic heterocycles. The Kier molecular flexibility index (Phi) is 3.41. The fourth-order valence-electron chi connectivity index (χ4n) is 2.34. The van der Waals surface area contributed by atoms with Gasteiger partial charge in [0.25, 0.3) is 5.91 Å². The summed E-state index contributed by atoms with van der Waals surface area (Å²) in [6.07, 6.45) is -3.31. The highest BCUT2D eigenvalue weighted by molar-refractivity contribution is 5.92. The van der Waals surface area contributed by atoms with Crippen molar-refractivity contribution in [3.05, 3.63) is 12.2 Å². The van der Waals surface area contributed by atoms with E-state index in [2.05, 4.69) is 15.0 Å². The van der Waals surface area contributed by atoms with Crippen LogP contribution in [0.4, 0.5) is 5.82 Å².